The zero-order chi connectivity index (χ0) is 17.3. The molecular weight excluding hydrogens is 348 g/mol. The van der Waals surface area contributed by atoms with Gasteiger partial charge in [0.25, 0.3) is 11.8 Å². The first-order valence-electron chi connectivity index (χ1n) is 7.65. The molecule has 25 heavy (non-hydrogen) atoms. The van der Waals surface area contributed by atoms with Crippen LogP contribution in [0.3, 0.4) is 0 Å². The van der Waals surface area contributed by atoms with Crippen molar-refractivity contribution < 1.29 is 29.0 Å². The maximum Gasteiger partial charge on any atom is 0.274 e. The molecule has 8 nitrogen and oxygen atoms in total. The number of benzene rings is 1. The maximum atomic E-state index is 12.9. The van der Waals surface area contributed by atoms with Crippen molar-refractivity contribution in [2.24, 2.45) is 0 Å². The van der Waals surface area contributed by atoms with Crippen LogP contribution in [0.2, 0.25) is 0 Å². The third kappa shape index (κ3) is 3.45. The van der Waals surface area contributed by atoms with Gasteiger partial charge in [-0.3, -0.25) is 14.8 Å². The fourth-order valence-corrected chi connectivity index (χ4v) is 2.81. The van der Waals surface area contributed by atoms with Gasteiger partial charge in [0.1, 0.15) is 12.4 Å². The first kappa shape index (κ1) is 19.5. The highest BCUT2D eigenvalue weighted by Gasteiger charge is 2.49. The molecule has 1 aromatic rings. The fraction of sp³-hybridized carbons (Fsp3) is 0.500. The van der Waals surface area contributed by atoms with Gasteiger partial charge in [-0.25, -0.2) is 5.48 Å². The smallest absolute Gasteiger partial charge is 0.274 e. The van der Waals surface area contributed by atoms with Crippen molar-refractivity contribution in [2.45, 2.75) is 25.1 Å². The second kappa shape index (κ2) is 7.61. The molecule has 2 heterocycles. The molecule has 0 aliphatic carbocycles. The van der Waals surface area contributed by atoms with E-state index in [-0.39, 0.29) is 44.2 Å². The SMILES string of the molecule is COC1(C(=O)N2Cc3ccc(C(=O)NO)cc3OC[C@@H]2C)COC1.S. The standard InChI is InChI=1S/C16H20N2O6.H2S/c1-10-7-24-13-5-11(14(19)17-21)3-4-12(13)6-18(10)15(20)16(22-2)8-23-9-16;/h3-5,10,21H,6-9H2,1-2H3,(H,17,19);1H2/t10-;/m0./s1. The van der Waals surface area contributed by atoms with Crippen molar-refractivity contribution >= 4 is 25.3 Å². The first-order valence-corrected chi connectivity index (χ1v) is 7.65. The summed E-state index contributed by atoms with van der Waals surface area (Å²) in [4.78, 5) is 26.1. The summed E-state index contributed by atoms with van der Waals surface area (Å²) >= 11 is 0. The van der Waals surface area contributed by atoms with E-state index in [9.17, 15) is 9.59 Å². The Morgan fingerprint density at radius 1 is 1.40 bits per heavy atom. The average molecular weight is 370 g/mol. The number of amides is 2. The molecule has 138 valence electrons. The van der Waals surface area contributed by atoms with Gasteiger partial charge in [0.15, 0.2) is 5.60 Å². The number of hydrogen-bond acceptors (Lipinski definition) is 6. The third-order valence-electron chi connectivity index (χ3n) is 4.50. The maximum absolute atomic E-state index is 12.9. The summed E-state index contributed by atoms with van der Waals surface area (Å²) in [6.45, 7) is 3.03. The average Bonchev–Trinajstić information content (AvgIpc) is 2.72. The van der Waals surface area contributed by atoms with Crippen LogP contribution in [0, 0.1) is 0 Å². The molecule has 0 bridgehead atoms. The molecule has 0 aromatic heterocycles. The number of methoxy groups -OCH3 is 1. The van der Waals surface area contributed by atoms with Crippen LogP contribution < -0.4 is 10.2 Å². The molecule has 0 saturated carbocycles. The van der Waals surface area contributed by atoms with Gasteiger partial charge in [0.2, 0.25) is 0 Å². The van der Waals surface area contributed by atoms with E-state index in [2.05, 4.69) is 0 Å². The summed E-state index contributed by atoms with van der Waals surface area (Å²) in [5, 5.41) is 8.74. The Kier molecular flexibility index (Phi) is 5.94. The van der Waals surface area contributed by atoms with E-state index in [1.807, 2.05) is 6.92 Å². The largest absolute Gasteiger partial charge is 0.491 e. The molecule has 0 radical (unpaired) electrons. The number of nitrogens with one attached hydrogen (secondary N) is 1. The number of hydroxylamine groups is 1. The van der Waals surface area contributed by atoms with Gasteiger partial charge in [-0.2, -0.15) is 13.5 Å². The number of ether oxygens (including phenoxy) is 3. The molecule has 1 atom stereocenters. The predicted molar refractivity (Wildman–Crippen MR) is 92.1 cm³/mol. The normalized spacial score (nSPS) is 20.9. The van der Waals surface area contributed by atoms with E-state index in [1.165, 1.54) is 7.11 Å². The number of carbonyl (C=O) groups excluding carboxylic acids is 2. The van der Waals surface area contributed by atoms with Gasteiger partial charge >= 0.3 is 0 Å². The minimum atomic E-state index is -0.921. The van der Waals surface area contributed by atoms with E-state index < -0.39 is 11.5 Å². The Labute approximate surface area is 152 Å². The molecule has 1 aromatic carbocycles. The van der Waals surface area contributed by atoms with Crippen molar-refractivity contribution in [3.8, 4) is 5.75 Å². The first-order chi connectivity index (χ1) is 11.5. The van der Waals surface area contributed by atoms with E-state index in [0.717, 1.165) is 5.56 Å². The van der Waals surface area contributed by atoms with Crippen molar-refractivity contribution in [2.75, 3.05) is 26.9 Å². The van der Waals surface area contributed by atoms with Gasteiger partial charge in [-0.15, -0.1) is 0 Å². The van der Waals surface area contributed by atoms with Crippen LogP contribution in [0.5, 0.6) is 5.75 Å². The quantitative estimate of drug-likeness (QED) is 0.592. The van der Waals surface area contributed by atoms with Crippen LogP contribution in [0.25, 0.3) is 0 Å². The van der Waals surface area contributed by atoms with Gasteiger partial charge < -0.3 is 19.1 Å². The molecule has 2 N–H and O–H groups in total. The molecule has 2 amide bonds. The lowest BCUT2D eigenvalue weighted by Crippen LogP contribution is -2.63. The van der Waals surface area contributed by atoms with Crippen molar-refractivity contribution in [3.63, 3.8) is 0 Å². The predicted octanol–water partition coefficient (Wildman–Crippen LogP) is 0.443. The number of fused-ring (bicyclic) bond motifs is 1. The Morgan fingerprint density at radius 2 is 2.12 bits per heavy atom. The van der Waals surface area contributed by atoms with Crippen molar-refractivity contribution in [1.82, 2.24) is 10.4 Å². The van der Waals surface area contributed by atoms with E-state index >= 15 is 0 Å². The summed E-state index contributed by atoms with van der Waals surface area (Å²) in [7, 11) is 1.51. The second-order valence-corrected chi connectivity index (χ2v) is 6.05. The highest BCUT2D eigenvalue weighted by atomic mass is 32.1. The van der Waals surface area contributed by atoms with Crippen molar-refractivity contribution in [3.05, 3.63) is 29.3 Å². The molecule has 0 unspecified atom stereocenters. The zero-order valence-corrected chi connectivity index (χ0v) is 15.1. The Bertz CT molecular complexity index is 659. The Morgan fingerprint density at radius 3 is 2.68 bits per heavy atom. The monoisotopic (exact) mass is 370 g/mol. The lowest BCUT2D eigenvalue weighted by atomic mass is 9.98. The van der Waals surface area contributed by atoms with Crippen molar-refractivity contribution in [1.29, 1.82) is 0 Å². The molecule has 3 rings (SSSR count). The van der Waals surface area contributed by atoms with Crippen LogP contribution in [0.4, 0.5) is 0 Å². The summed E-state index contributed by atoms with van der Waals surface area (Å²) in [5.74, 6) is -0.219. The molecule has 1 fully saturated rings. The number of hydrogen-bond donors (Lipinski definition) is 2. The third-order valence-corrected chi connectivity index (χ3v) is 4.50. The molecule has 2 aliphatic rings. The highest BCUT2D eigenvalue weighted by Crippen LogP contribution is 2.30. The minimum Gasteiger partial charge on any atom is -0.491 e. The van der Waals surface area contributed by atoms with Crippen LogP contribution in [-0.2, 0) is 20.8 Å². The van der Waals surface area contributed by atoms with Gasteiger partial charge in [-0.05, 0) is 19.1 Å². The lowest BCUT2D eigenvalue weighted by molar-refractivity contribution is -0.212. The molecule has 0 spiro atoms. The Hall–Kier alpha value is -1.81. The fourth-order valence-electron chi connectivity index (χ4n) is 2.81. The highest BCUT2D eigenvalue weighted by molar-refractivity contribution is 7.59. The summed E-state index contributed by atoms with van der Waals surface area (Å²) in [6, 6.07) is 4.69. The Balaban J connectivity index is 0.00000225. The topological polar surface area (TPSA) is 97.3 Å². The van der Waals surface area contributed by atoms with Crippen LogP contribution >= 0.6 is 13.5 Å². The second-order valence-electron chi connectivity index (χ2n) is 6.05. The molecule has 2 aliphatic heterocycles. The minimum absolute atomic E-state index is 0. The summed E-state index contributed by atoms with van der Waals surface area (Å²) in [5.41, 5.74) is 1.74. The van der Waals surface area contributed by atoms with Gasteiger partial charge in [0, 0.05) is 24.8 Å². The van der Waals surface area contributed by atoms with Gasteiger partial charge in [0.05, 0.1) is 19.3 Å². The zero-order valence-electron chi connectivity index (χ0n) is 14.1. The van der Waals surface area contributed by atoms with Crippen LogP contribution in [0.15, 0.2) is 18.2 Å². The molecule has 1 saturated heterocycles. The van der Waals surface area contributed by atoms with E-state index in [0.29, 0.717) is 18.9 Å². The van der Waals surface area contributed by atoms with E-state index in [1.54, 1.807) is 28.6 Å². The summed E-state index contributed by atoms with van der Waals surface area (Å²) in [6.07, 6.45) is 0. The lowest BCUT2D eigenvalue weighted by Gasteiger charge is -2.42. The van der Waals surface area contributed by atoms with Crippen LogP contribution in [-0.4, -0.2) is 60.5 Å². The van der Waals surface area contributed by atoms with Crippen LogP contribution in [0.1, 0.15) is 22.8 Å². The summed E-state index contributed by atoms with van der Waals surface area (Å²) < 4.78 is 16.3. The van der Waals surface area contributed by atoms with E-state index in [4.69, 9.17) is 19.4 Å². The number of rotatable bonds is 3. The number of carbonyl (C=O) groups is 2. The molecular formula is C16H22N2O6S. The molecule has 9 heteroatoms. The number of nitrogens with zero attached hydrogens (tertiary/aromatic N) is 1. The van der Waals surface area contributed by atoms with Gasteiger partial charge in [-0.1, -0.05) is 6.07 Å².